The number of pyridine rings is 1. The number of H-pyrrole nitrogens is 1. The van der Waals surface area contributed by atoms with Crippen LogP contribution in [-0.4, -0.2) is 15.0 Å². The molecule has 4 nitrogen and oxygen atoms in total. The maximum atomic E-state index is 14.6. The predicted molar refractivity (Wildman–Crippen MR) is 127 cm³/mol. The van der Waals surface area contributed by atoms with Crippen molar-refractivity contribution in [2.24, 2.45) is 0 Å². The lowest BCUT2D eigenvalue weighted by molar-refractivity contribution is 0.629. The molecule has 7 heteroatoms. The number of imidazole rings is 1. The number of benzene rings is 3. The number of fused-ring (bicyclic) bond motifs is 1. The number of aromatic amines is 1. The SMILES string of the molecule is Nc1ccc(Cl)c(F)c1-c1ccc(C(Cc2ccccc2)c2nc3cc(F)ccc3[nH]2)nc1. The van der Waals surface area contributed by atoms with Gasteiger partial charge in [0.25, 0.3) is 0 Å². The van der Waals surface area contributed by atoms with Crippen LogP contribution in [0.1, 0.15) is 23.0 Å². The lowest BCUT2D eigenvalue weighted by Gasteiger charge is -2.16. The van der Waals surface area contributed by atoms with E-state index in [9.17, 15) is 8.78 Å². The molecule has 1 atom stereocenters. The second-order valence-corrected chi connectivity index (χ2v) is 8.23. The molecule has 0 radical (unpaired) electrons. The van der Waals surface area contributed by atoms with Crippen LogP contribution in [0.5, 0.6) is 0 Å². The summed E-state index contributed by atoms with van der Waals surface area (Å²) in [5.41, 5.74) is 10.2. The molecule has 0 saturated heterocycles. The highest BCUT2D eigenvalue weighted by Crippen LogP contribution is 2.34. The molecule has 0 aliphatic rings. The number of hydrogen-bond donors (Lipinski definition) is 2. The first-order valence-corrected chi connectivity index (χ1v) is 10.8. The predicted octanol–water partition coefficient (Wildman–Crippen LogP) is 6.51. The van der Waals surface area contributed by atoms with Crippen LogP contribution in [0.4, 0.5) is 14.5 Å². The molecule has 0 amide bonds. The minimum Gasteiger partial charge on any atom is -0.398 e. The van der Waals surface area contributed by atoms with Gasteiger partial charge in [-0.15, -0.1) is 0 Å². The average Bonchev–Trinajstić information content (AvgIpc) is 3.24. The van der Waals surface area contributed by atoms with Crippen LogP contribution in [0.25, 0.3) is 22.2 Å². The molecule has 3 N–H and O–H groups in total. The third-order valence-electron chi connectivity index (χ3n) is 5.64. The molecule has 0 bridgehead atoms. The van der Waals surface area contributed by atoms with E-state index in [-0.39, 0.29) is 28.0 Å². The minimum atomic E-state index is -0.577. The first-order chi connectivity index (χ1) is 16.0. The zero-order chi connectivity index (χ0) is 22.9. The summed E-state index contributed by atoms with van der Waals surface area (Å²) in [7, 11) is 0. The highest BCUT2D eigenvalue weighted by Gasteiger charge is 2.21. The molecule has 1 unspecified atom stereocenters. The first-order valence-electron chi connectivity index (χ1n) is 10.4. The van der Waals surface area contributed by atoms with Crippen molar-refractivity contribution >= 4 is 28.3 Å². The molecule has 3 aromatic carbocycles. The van der Waals surface area contributed by atoms with E-state index in [2.05, 4.69) is 15.0 Å². The fourth-order valence-electron chi connectivity index (χ4n) is 3.97. The van der Waals surface area contributed by atoms with Crippen LogP contribution >= 0.6 is 11.6 Å². The van der Waals surface area contributed by atoms with Crippen LogP contribution in [0.2, 0.25) is 5.02 Å². The van der Waals surface area contributed by atoms with E-state index in [1.165, 1.54) is 18.2 Å². The first kappa shape index (κ1) is 21.1. The average molecular weight is 461 g/mol. The van der Waals surface area contributed by atoms with Crippen LogP contribution < -0.4 is 5.73 Å². The van der Waals surface area contributed by atoms with E-state index in [1.54, 1.807) is 24.4 Å². The molecule has 0 spiro atoms. The van der Waals surface area contributed by atoms with E-state index in [0.717, 1.165) is 16.8 Å². The van der Waals surface area contributed by atoms with Crippen molar-refractivity contribution < 1.29 is 8.78 Å². The van der Waals surface area contributed by atoms with E-state index < -0.39 is 5.82 Å². The Kier molecular flexibility index (Phi) is 5.52. The highest BCUT2D eigenvalue weighted by molar-refractivity contribution is 6.31. The molecule has 0 fully saturated rings. The number of rotatable bonds is 5. The van der Waals surface area contributed by atoms with Crippen molar-refractivity contribution in [3.05, 3.63) is 113 Å². The molecular formula is C26H19ClF2N4. The van der Waals surface area contributed by atoms with Gasteiger partial charge in [0.1, 0.15) is 11.6 Å². The fraction of sp³-hybridized carbons (Fsp3) is 0.0769. The molecule has 164 valence electrons. The van der Waals surface area contributed by atoms with Crippen molar-refractivity contribution in [2.45, 2.75) is 12.3 Å². The second kappa shape index (κ2) is 8.64. The van der Waals surface area contributed by atoms with Gasteiger partial charge >= 0.3 is 0 Å². The Bertz CT molecular complexity index is 1430. The molecule has 0 saturated carbocycles. The van der Waals surface area contributed by atoms with Gasteiger partial charge in [0.05, 0.1) is 27.7 Å². The van der Waals surface area contributed by atoms with Gasteiger partial charge in [-0.2, -0.15) is 0 Å². The molecule has 0 aliphatic heterocycles. The van der Waals surface area contributed by atoms with Crippen LogP contribution in [0.3, 0.4) is 0 Å². The van der Waals surface area contributed by atoms with Gasteiger partial charge in [-0.1, -0.05) is 48.0 Å². The van der Waals surface area contributed by atoms with Crippen LogP contribution in [0, 0.1) is 11.6 Å². The largest absolute Gasteiger partial charge is 0.398 e. The summed E-state index contributed by atoms with van der Waals surface area (Å²) in [6.07, 6.45) is 2.21. The van der Waals surface area contributed by atoms with Crippen molar-refractivity contribution in [3.8, 4) is 11.1 Å². The Balaban J connectivity index is 1.57. The van der Waals surface area contributed by atoms with Gasteiger partial charge in [-0.25, -0.2) is 13.8 Å². The molecular weight excluding hydrogens is 442 g/mol. The van der Waals surface area contributed by atoms with Crippen molar-refractivity contribution in [3.63, 3.8) is 0 Å². The number of nitrogens with zero attached hydrogens (tertiary/aromatic N) is 2. The lowest BCUT2D eigenvalue weighted by atomic mass is 9.94. The van der Waals surface area contributed by atoms with Crippen molar-refractivity contribution in [2.75, 3.05) is 5.73 Å². The number of aromatic nitrogens is 3. The Morgan fingerprint density at radius 2 is 1.79 bits per heavy atom. The van der Waals surface area contributed by atoms with Crippen LogP contribution in [-0.2, 0) is 6.42 Å². The molecule has 2 heterocycles. The molecule has 5 rings (SSSR count). The van der Waals surface area contributed by atoms with Crippen molar-refractivity contribution in [1.82, 2.24) is 15.0 Å². The fourth-order valence-corrected chi connectivity index (χ4v) is 4.13. The number of halogens is 3. The Morgan fingerprint density at radius 1 is 0.970 bits per heavy atom. The van der Waals surface area contributed by atoms with Gasteiger partial charge in [0.15, 0.2) is 5.82 Å². The minimum absolute atomic E-state index is 0.000242. The smallest absolute Gasteiger partial charge is 0.151 e. The van der Waals surface area contributed by atoms with E-state index in [1.807, 2.05) is 36.4 Å². The second-order valence-electron chi connectivity index (χ2n) is 7.82. The van der Waals surface area contributed by atoms with Crippen molar-refractivity contribution in [1.29, 1.82) is 0 Å². The number of nitrogens with two attached hydrogens (primary N) is 1. The molecule has 33 heavy (non-hydrogen) atoms. The summed E-state index contributed by atoms with van der Waals surface area (Å²) in [5.74, 6) is -0.471. The lowest BCUT2D eigenvalue weighted by Crippen LogP contribution is -2.09. The topological polar surface area (TPSA) is 67.6 Å². The standard InChI is InChI=1S/C26H19ClF2N4/c27-19-8-9-20(30)24(25(19)29)16-6-10-21(31-14-16)18(12-15-4-2-1-3-5-15)26-32-22-11-7-17(28)13-23(22)33-26/h1-11,13-14,18H,12,30H2,(H,32,33). The molecule has 5 aromatic rings. The summed E-state index contributed by atoms with van der Waals surface area (Å²) < 4.78 is 28.3. The Labute approximate surface area is 194 Å². The number of nitrogen functional groups attached to an aromatic ring is 1. The van der Waals surface area contributed by atoms with E-state index in [0.29, 0.717) is 23.3 Å². The summed E-state index contributed by atoms with van der Waals surface area (Å²) in [4.78, 5) is 12.6. The van der Waals surface area contributed by atoms with Crippen LogP contribution in [0.15, 0.2) is 79.0 Å². The summed E-state index contributed by atoms with van der Waals surface area (Å²) in [6, 6.07) is 21.0. The van der Waals surface area contributed by atoms with E-state index >= 15 is 0 Å². The third-order valence-corrected chi connectivity index (χ3v) is 5.93. The maximum Gasteiger partial charge on any atom is 0.151 e. The highest BCUT2D eigenvalue weighted by atomic mass is 35.5. The quantitative estimate of drug-likeness (QED) is 0.294. The zero-order valence-electron chi connectivity index (χ0n) is 17.4. The number of anilines is 1. The number of nitrogens with one attached hydrogen (secondary N) is 1. The van der Waals surface area contributed by atoms with E-state index in [4.69, 9.17) is 17.3 Å². The monoisotopic (exact) mass is 460 g/mol. The van der Waals surface area contributed by atoms with Gasteiger partial charge in [0.2, 0.25) is 0 Å². The molecule has 2 aromatic heterocycles. The third kappa shape index (κ3) is 4.17. The van der Waals surface area contributed by atoms with Gasteiger partial charge < -0.3 is 10.7 Å². The molecule has 0 aliphatic carbocycles. The Hall–Kier alpha value is -3.77. The summed E-state index contributed by atoms with van der Waals surface area (Å²) >= 11 is 5.95. The Morgan fingerprint density at radius 3 is 2.55 bits per heavy atom. The van der Waals surface area contributed by atoms with Gasteiger partial charge in [0, 0.05) is 29.1 Å². The number of hydrogen-bond acceptors (Lipinski definition) is 3. The normalized spacial score (nSPS) is 12.2. The maximum absolute atomic E-state index is 14.6. The summed E-state index contributed by atoms with van der Waals surface area (Å²) in [5, 5.41) is -0.000242. The summed E-state index contributed by atoms with van der Waals surface area (Å²) in [6.45, 7) is 0. The van der Waals surface area contributed by atoms with Gasteiger partial charge in [-0.3, -0.25) is 4.98 Å². The van der Waals surface area contributed by atoms with Gasteiger partial charge in [-0.05, 0) is 42.3 Å². The zero-order valence-corrected chi connectivity index (χ0v) is 18.2.